The molecular weight excluding hydrogens is 268 g/mol. The smallest absolute Gasteiger partial charge is 0.302 e. The summed E-state index contributed by atoms with van der Waals surface area (Å²) in [5, 5.41) is 21.1. The summed E-state index contributed by atoms with van der Waals surface area (Å²) >= 11 is 0. The number of ether oxygens (including phenoxy) is 1. The van der Waals surface area contributed by atoms with Gasteiger partial charge in [-0.05, 0) is 39.5 Å². The van der Waals surface area contributed by atoms with Crippen LogP contribution in [-0.4, -0.2) is 34.0 Å². The van der Waals surface area contributed by atoms with Crippen LogP contribution in [0.2, 0.25) is 0 Å². The molecule has 0 saturated heterocycles. The molecule has 0 heterocycles. The number of hydrogen-bond donors (Lipinski definition) is 2. The fraction of sp³-hybridized carbons (Fsp3) is 0.824. The van der Waals surface area contributed by atoms with Gasteiger partial charge in [0.2, 0.25) is 0 Å². The first kappa shape index (κ1) is 16.5. The van der Waals surface area contributed by atoms with E-state index in [2.05, 4.69) is 13.5 Å². The molecule has 0 unspecified atom stereocenters. The largest absolute Gasteiger partial charge is 0.462 e. The maximum absolute atomic E-state index is 11.4. The third-order valence-corrected chi connectivity index (χ3v) is 5.58. The molecule has 0 aromatic carbocycles. The van der Waals surface area contributed by atoms with Crippen LogP contribution in [0.5, 0.6) is 0 Å². The number of hydrogen-bond acceptors (Lipinski definition) is 4. The second kappa shape index (κ2) is 5.40. The standard InChI is InChI=1S/C17H28O4/c1-10-6-7-13(21-11(2)18)17(5)9-8-12(16(3,4)20)15(19)14(10)17/h12-15,19-20H,1,6-9H2,2-5H3/t12-,13-,14-,15+,17+/m1/s1. The lowest BCUT2D eigenvalue weighted by Gasteiger charge is -2.56. The first-order valence-corrected chi connectivity index (χ1v) is 7.82. The van der Waals surface area contributed by atoms with E-state index in [1.54, 1.807) is 13.8 Å². The summed E-state index contributed by atoms with van der Waals surface area (Å²) in [4.78, 5) is 11.4. The molecule has 0 amide bonds. The Bertz CT molecular complexity index is 437. The molecule has 2 fully saturated rings. The van der Waals surface area contributed by atoms with Crippen LogP contribution in [0, 0.1) is 17.3 Å². The minimum Gasteiger partial charge on any atom is -0.462 e. The molecule has 2 aliphatic carbocycles. The van der Waals surface area contributed by atoms with E-state index >= 15 is 0 Å². The van der Waals surface area contributed by atoms with Gasteiger partial charge >= 0.3 is 5.97 Å². The average molecular weight is 296 g/mol. The highest BCUT2D eigenvalue weighted by molar-refractivity contribution is 5.66. The Hall–Kier alpha value is -0.870. The van der Waals surface area contributed by atoms with Gasteiger partial charge in [-0.1, -0.05) is 19.1 Å². The van der Waals surface area contributed by atoms with Crippen molar-refractivity contribution in [3.05, 3.63) is 12.2 Å². The molecule has 2 aliphatic rings. The zero-order valence-corrected chi connectivity index (χ0v) is 13.6. The molecule has 5 atom stereocenters. The van der Waals surface area contributed by atoms with Crippen molar-refractivity contribution in [2.24, 2.45) is 17.3 Å². The molecule has 0 aromatic heterocycles. The van der Waals surface area contributed by atoms with Crippen molar-refractivity contribution in [2.75, 3.05) is 0 Å². The van der Waals surface area contributed by atoms with Crippen molar-refractivity contribution in [2.45, 2.75) is 71.2 Å². The van der Waals surface area contributed by atoms with Gasteiger partial charge in [-0.25, -0.2) is 0 Å². The van der Waals surface area contributed by atoms with Crippen molar-refractivity contribution < 1.29 is 19.7 Å². The minimum absolute atomic E-state index is 0.124. The maximum atomic E-state index is 11.4. The molecule has 2 rings (SSSR count). The Morgan fingerprint density at radius 2 is 2.05 bits per heavy atom. The number of aliphatic hydroxyl groups excluding tert-OH is 1. The van der Waals surface area contributed by atoms with E-state index in [9.17, 15) is 15.0 Å². The predicted molar refractivity (Wildman–Crippen MR) is 80.6 cm³/mol. The van der Waals surface area contributed by atoms with E-state index in [1.165, 1.54) is 6.92 Å². The Balaban J connectivity index is 2.31. The van der Waals surface area contributed by atoms with Crippen molar-refractivity contribution in [1.82, 2.24) is 0 Å². The summed E-state index contributed by atoms with van der Waals surface area (Å²) in [5.41, 5.74) is -0.195. The Morgan fingerprint density at radius 3 is 2.57 bits per heavy atom. The summed E-state index contributed by atoms with van der Waals surface area (Å²) in [6.45, 7) is 11.2. The topological polar surface area (TPSA) is 66.8 Å². The van der Waals surface area contributed by atoms with E-state index in [4.69, 9.17) is 4.74 Å². The van der Waals surface area contributed by atoms with Crippen molar-refractivity contribution in [1.29, 1.82) is 0 Å². The molecule has 120 valence electrons. The molecule has 0 aromatic rings. The summed E-state index contributed by atoms with van der Waals surface area (Å²) in [6.07, 6.45) is 2.25. The lowest BCUT2D eigenvalue weighted by Crippen LogP contribution is -2.58. The lowest BCUT2D eigenvalue weighted by molar-refractivity contribution is -0.179. The molecule has 2 saturated carbocycles. The van der Waals surface area contributed by atoms with E-state index in [0.717, 1.165) is 31.3 Å². The van der Waals surface area contributed by atoms with Crippen molar-refractivity contribution in [3.63, 3.8) is 0 Å². The van der Waals surface area contributed by atoms with Crippen LogP contribution < -0.4 is 0 Å². The molecule has 4 heteroatoms. The van der Waals surface area contributed by atoms with E-state index in [0.29, 0.717) is 0 Å². The van der Waals surface area contributed by atoms with Crippen LogP contribution in [0.15, 0.2) is 12.2 Å². The van der Waals surface area contributed by atoms with Gasteiger partial charge in [-0.3, -0.25) is 4.79 Å². The van der Waals surface area contributed by atoms with Crippen molar-refractivity contribution >= 4 is 5.97 Å². The number of carbonyl (C=O) groups excluding carboxylic acids is 1. The molecule has 0 bridgehead atoms. The fourth-order valence-electron chi connectivity index (χ4n) is 4.45. The predicted octanol–water partition coefficient (Wildman–Crippen LogP) is 2.43. The monoisotopic (exact) mass is 296 g/mol. The van der Waals surface area contributed by atoms with Crippen molar-refractivity contribution in [3.8, 4) is 0 Å². The zero-order valence-electron chi connectivity index (χ0n) is 13.6. The molecule has 4 nitrogen and oxygen atoms in total. The van der Waals surface area contributed by atoms with Crippen LogP contribution in [-0.2, 0) is 9.53 Å². The summed E-state index contributed by atoms with van der Waals surface area (Å²) in [6, 6.07) is 0. The van der Waals surface area contributed by atoms with Crippen LogP contribution >= 0.6 is 0 Å². The second-order valence-electron chi connectivity index (χ2n) is 7.57. The molecule has 0 radical (unpaired) electrons. The molecule has 21 heavy (non-hydrogen) atoms. The zero-order chi connectivity index (χ0) is 16.0. The molecule has 2 N–H and O–H groups in total. The highest BCUT2D eigenvalue weighted by Gasteiger charge is 2.56. The highest BCUT2D eigenvalue weighted by Crippen LogP contribution is 2.55. The van der Waals surface area contributed by atoms with Gasteiger partial charge in [0.1, 0.15) is 6.10 Å². The summed E-state index contributed by atoms with van der Waals surface area (Å²) < 4.78 is 5.53. The molecular formula is C17H28O4. The van der Waals surface area contributed by atoms with Gasteiger partial charge in [-0.15, -0.1) is 0 Å². The van der Waals surface area contributed by atoms with Crippen LogP contribution in [0.1, 0.15) is 53.4 Å². The van der Waals surface area contributed by atoms with Gasteiger partial charge in [-0.2, -0.15) is 0 Å². The van der Waals surface area contributed by atoms with Crippen LogP contribution in [0.3, 0.4) is 0 Å². The number of esters is 1. The molecule has 0 aliphatic heterocycles. The Labute approximate surface area is 127 Å². The fourth-order valence-corrected chi connectivity index (χ4v) is 4.45. The minimum atomic E-state index is -0.921. The first-order chi connectivity index (χ1) is 9.57. The summed E-state index contributed by atoms with van der Waals surface area (Å²) in [7, 11) is 0. The first-order valence-electron chi connectivity index (χ1n) is 7.82. The Kier molecular flexibility index (Phi) is 4.24. The maximum Gasteiger partial charge on any atom is 0.302 e. The summed E-state index contributed by atoms with van der Waals surface area (Å²) in [5.74, 6) is -0.573. The van der Waals surface area contributed by atoms with Gasteiger partial charge in [0, 0.05) is 24.2 Å². The average Bonchev–Trinajstić information content (AvgIpc) is 2.30. The highest BCUT2D eigenvalue weighted by atomic mass is 16.5. The van der Waals surface area contributed by atoms with Gasteiger partial charge in [0.15, 0.2) is 0 Å². The van der Waals surface area contributed by atoms with Gasteiger partial charge in [0.25, 0.3) is 0 Å². The number of fused-ring (bicyclic) bond motifs is 1. The van der Waals surface area contributed by atoms with E-state index in [-0.39, 0.29) is 29.3 Å². The van der Waals surface area contributed by atoms with Crippen LogP contribution in [0.4, 0.5) is 0 Å². The van der Waals surface area contributed by atoms with E-state index < -0.39 is 11.7 Å². The van der Waals surface area contributed by atoms with Crippen LogP contribution in [0.25, 0.3) is 0 Å². The number of aliphatic hydroxyl groups is 2. The quantitative estimate of drug-likeness (QED) is 0.607. The number of rotatable bonds is 2. The second-order valence-corrected chi connectivity index (χ2v) is 7.57. The van der Waals surface area contributed by atoms with Gasteiger partial charge < -0.3 is 14.9 Å². The number of carbonyl (C=O) groups is 1. The third-order valence-electron chi connectivity index (χ3n) is 5.58. The normalized spacial score (nSPS) is 40.6. The lowest BCUT2D eigenvalue weighted by atomic mass is 9.53. The Morgan fingerprint density at radius 1 is 1.43 bits per heavy atom. The van der Waals surface area contributed by atoms with E-state index in [1.807, 2.05) is 0 Å². The SMILES string of the molecule is C=C1CC[C@@H](OC(C)=O)[C@]2(C)CC[C@@H](C(C)(C)O)[C@H](O)[C@@H]12. The molecule has 0 spiro atoms. The third kappa shape index (κ3) is 2.88. The van der Waals surface area contributed by atoms with Gasteiger partial charge in [0.05, 0.1) is 11.7 Å².